The number of nitrogens with one attached hydrogen (secondary N) is 2. The molecule has 1 heterocycles. The highest BCUT2D eigenvalue weighted by atomic mass is 16.2. The maximum absolute atomic E-state index is 12.7. The monoisotopic (exact) mass is 464 g/mol. The summed E-state index contributed by atoms with van der Waals surface area (Å²) in [6.07, 6.45) is 3.89. The topological polar surface area (TPSA) is 87.5 Å². The standard InChI is InChI=1S/C28H40N4O2/c1-28(2,3)19-26(33)31-25-18-23(27(34)30-14-13-29)9-10-24(25)20-32-15-11-22(12-16-32)17-21-7-5-4-6-8-21/h4-10,18,22H,11-17,19-20,29H2,1-3H3,(H,30,34)(H,31,33). The molecule has 6 nitrogen and oxygen atoms in total. The minimum atomic E-state index is -0.176. The average Bonchev–Trinajstić information content (AvgIpc) is 2.79. The summed E-state index contributed by atoms with van der Waals surface area (Å²) in [7, 11) is 0. The predicted molar refractivity (Wildman–Crippen MR) is 139 cm³/mol. The van der Waals surface area contributed by atoms with Crippen molar-refractivity contribution in [3.8, 4) is 0 Å². The van der Waals surface area contributed by atoms with E-state index < -0.39 is 0 Å². The molecule has 3 rings (SSSR count). The normalized spacial score (nSPS) is 15.2. The zero-order chi connectivity index (χ0) is 24.6. The fourth-order valence-electron chi connectivity index (χ4n) is 4.47. The van der Waals surface area contributed by atoms with Crippen LogP contribution in [-0.2, 0) is 17.8 Å². The van der Waals surface area contributed by atoms with Crippen molar-refractivity contribution in [2.75, 3.05) is 31.5 Å². The van der Waals surface area contributed by atoms with Gasteiger partial charge in [-0.05, 0) is 66.9 Å². The number of piperidine rings is 1. The molecule has 0 atom stereocenters. The first-order valence-electron chi connectivity index (χ1n) is 12.4. The minimum Gasteiger partial charge on any atom is -0.351 e. The van der Waals surface area contributed by atoms with Gasteiger partial charge in [0.25, 0.3) is 5.91 Å². The number of amides is 2. The van der Waals surface area contributed by atoms with Gasteiger partial charge in [0, 0.05) is 37.3 Å². The van der Waals surface area contributed by atoms with E-state index in [9.17, 15) is 9.59 Å². The van der Waals surface area contributed by atoms with E-state index in [0.717, 1.165) is 37.3 Å². The number of likely N-dealkylation sites (tertiary alicyclic amines) is 1. The third-order valence-electron chi connectivity index (χ3n) is 6.24. The van der Waals surface area contributed by atoms with Crippen LogP contribution in [0.25, 0.3) is 0 Å². The van der Waals surface area contributed by atoms with Crippen LogP contribution in [0.2, 0.25) is 0 Å². The second-order valence-electron chi connectivity index (χ2n) is 10.6. The Morgan fingerprint density at radius 3 is 2.41 bits per heavy atom. The van der Waals surface area contributed by atoms with E-state index in [4.69, 9.17) is 5.73 Å². The van der Waals surface area contributed by atoms with E-state index in [2.05, 4.69) is 45.9 Å². The van der Waals surface area contributed by atoms with Gasteiger partial charge in [-0.25, -0.2) is 0 Å². The molecule has 0 saturated carbocycles. The summed E-state index contributed by atoms with van der Waals surface area (Å²) in [6.45, 7) is 9.77. The van der Waals surface area contributed by atoms with Gasteiger partial charge >= 0.3 is 0 Å². The minimum absolute atomic E-state index is 0.0326. The average molecular weight is 465 g/mol. The molecule has 0 unspecified atom stereocenters. The van der Waals surface area contributed by atoms with Crippen LogP contribution in [0.1, 0.15) is 61.5 Å². The summed E-state index contributed by atoms with van der Waals surface area (Å²) < 4.78 is 0. The third kappa shape index (κ3) is 8.26. The highest BCUT2D eigenvalue weighted by Gasteiger charge is 2.22. The van der Waals surface area contributed by atoms with E-state index in [-0.39, 0.29) is 17.2 Å². The summed E-state index contributed by atoms with van der Waals surface area (Å²) in [4.78, 5) is 27.6. The molecule has 0 radical (unpaired) electrons. The summed E-state index contributed by atoms with van der Waals surface area (Å²) in [5.74, 6) is 0.498. The number of carbonyl (C=O) groups is 2. The zero-order valence-corrected chi connectivity index (χ0v) is 20.9. The lowest BCUT2D eigenvalue weighted by molar-refractivity contribution is -0.117. The molecule has 1 aliphatic rings. The number of benzene rings is 2. The quantitative estimate of drug-likeness (QED) is 0.519. The van der Waals surface area contributed by atoms with Crippen molar-refractivity contribution in [1.82, 2.24) is 10.2 Å². The number of hydrogen-bond donors (Lipinski definition) is 3. The first kappa shape index (κ1) is 25.9. The highest BCUT2D eigenvalue weighted by molar-refractivity contribution is 5.97. The second-order valence-corrected chi connectivity index (χ2v) is 10.6. The van der Waals surface area contributed by atoms with Gasteiger partial charge in [-0.3, -0.25) is 14.5 Å². The van der Waals surface area contributed by atoms with E-state index >= 15 is 0 Å². The maximum Gasteiger partial charge on any atom is 0.251 e. The van der Waals surface area contributed by atoms with Gasteiger partial charge in [0.05, 0.1) is 0 Å². The van der Waals surface area contributed by atoms with Crippen molar-refractivity contribution in [3.63, 3.8) is 0 Å². The van der Waals surface area contributed by atoms with Crippen LogP contribution >= 0.6 is 0 Å². The van der Waals surface area contributed by atoms with Gasteiger partial charge in [0.15, 0.2) is 0 Å². The van der Waals surface area contributed by atoms with Crippen LogP contribution in [0.5, 0.6) is 0 Å². The van der Waals surface area contributed by atoms with Gasteiger partial charge in [-0.2, -0.15) is 0 Å². The molecule has 184 valence electrons. The number of anilines is 1. The maximum atomic E-state index is 12.7. The van der Waals surface area contributed by atoms with Crippen LogP contribution in [0.4, 0.5) is 5.69 Å². The van der Waals surface area contributed by atoms with Gasteiger partial charge in [-0.15, -0.1) is 0 Å². The molecular formula is C28H40N4O2. The second kappa shape index (κ2) is 12.1. The number of rotatable bonds is 9. The fraction of sp³-hybridized carbons (Fsp3) is 0.500. The lowest BCUT2D eigenvalue weighted by Crippen LogP contribution is -2.34. The summed E-state index contributed by atoms with van der Waals surface area (Å²) in [6, 6.07) is 16.3. The lowest BCUT2D eigenvalue weighted by atomic mass is 9.90. The van der Waals surface area contributed by atoms with Crippen LogP contribution in [0.3, 0.4) is 0 Å². The van der Waals surface area contributed by atoms with Crippen LogP contribution < -0.4 is 16.4 Å². The van der Waals surface area contributed by atoms with E-state index in [1.165, 1.54) is 18.4 Å². The van der Waals surface area contributed by atoms with Crippen molar-refractivity contribution in [3.05, 3.63) is 65.2 Å². The Hall–Kier alpha value is -2.70. The fourth-order valence-corrected chi connectivity index (χ4v) is 4.47. The summed E-state index contributed by atoms with van der Waals surface area (Å²) in [5, 5.41) is 5.89. The SMILES string of the molecule is CC(C)(C)CC(=O)Nc1cc(C(=O)NCCN)ccc1CN1CCC(Cc2ccccc2)CC1. The Kier molecular flexibility index (Phi) is 9.25. The molecule has 1 fully saturated rings. The van der Waals surface area contributed by atoms with E-state index in [1.807, 2.05) is 32.9 Å². The zero-order valence-electron chi connectivity index (χ0n) is 20.9. The van der Waals surface area contributed by atoms with Gasteiger partial charge < -0.3 is 16.4 Å². The number of nitrogens with zero attached hydrogens (tertiary/aromatic N) is 1. The molecule has 1 saturated heterocycles. The first-order chi connectivity index (χ1) is 16.2. The molecule has 0 aromatic heterocycles. The molecule has 0 spiro atoms. The van der Waals surface area contributed by atoms with Crippen LogP contribution in [0, 0.1) is 11.3 Å². The summed E-state index contributed by atoms with van der Waals surface area (Å²) >= 11 is 0. The van der Waals surface area contributed by atoms with Gasteiger partial charge in [0.1, 0.15) is 0 Å². The van der Waals surface area contributed by atoms with Crippen molar-refractivity contribution < 1.29 is 9.59 Å². The number of hydrogen-bond acceptors (Lipinski definition) is 4. The lowest BCUT2D eigenvalue weighted by Gasteiger charge is -2.32. The van der Waals surface area contributed by atoms with Gasteiger partial charge in [0.2, 0.25) is 5.91 Å². The molecular weight excluding hydrogens is 424 g/mol. The van der Waals surface area contributed by atoms with E-state index in [0.29, 0.717) is 31.0 Å². The Morgan fingerprint density at radius 2 is 1.76 bits per heavy atom. The molecule has 0 bridgehead atoms. The molecule has 4 N–H and O–H groups in total. The van der Waals surface area contributed by atoms with Crippen molar-refractivity contribution in [2.45, 2.75) is 53.0 Å². The largest absolute Gasteiger partial charge is 0.351 e. The Labute approximate surface area is 204 Å². The molecule has 6 heteroatoms. The molecule has 2 aromatic rings. The Morgan fingerprint density at radius 1 is 1.06 bits per heavy atom. The molecule has 34 heavy (non-hydrogen) atoms. The summed E-state index contributed by atoms with van der Waals surface area (Å²) in [5.41, 5.74) is 9.11. The molecule has 1 aliphatic heterocycles. The number of carbonyl (C=O) groups excluding carboxylic acids is 2. The van der Waals surface area contributed by atoms with Crippen molar-refractivity contribution in [2.24, 2.45) is 17.1 Å². The van der Waals surface area contributed by atoms with Gasteiger partial charge in [-0.1, -0.05) is 57.2 Å². The van der Waals surface area contributed by atoms with Crippen molar-refractivity contribution >= 4 is 17.5 Å². The van der Waals surface area contributed by atoms with Crippen LogP contribution in [0.15, 0.2) is 48.5 Å². The van der Waals surface area contributed by atoms with Crippen molar-refractivity contribution in [1.29, 1.82) is 0 Å². The van der Waals surface area contributed by atoms with E-state index in [1.54, 1.807) is 6.07 Å². The highest BCUT2D eigenvalue weighted by Crippen LogP contribution is 2.27. The molecule has 0 aliphatic carbocycles. The molecule has 2 amide bonds. The Balaban J connectivity index is 1.67. The smallest absolute Gasteiger partial charge is 0.251 e. The first-order valence-corrected chi connectivity index (χ1v) is 12.4. The van der Waals surface area contributed by atoms with Crippen LogP contribution in [-0.4, -0.2) is 42.9 Å². The third-order valence-corrected chi connectivity index (χ3v) is 6.24. The number of nitrogens with two attached hydrogens (primary N) is 1. The predicted octanol–water partition coefficient (Wildman–Crippen LogP) is 4.20. The molecule has 2 aromatic carbocycles. The Bertz CT molecular complexity index is 945.